The van der Waals surface area contributed by atoms with E-state index in [-0.39, 0.29) is 5.92 Å². The Morgan fingerprint density at radius 1 is 0.677 bits per heavy atom. The van der Waals surface area contributed by atoms with Crippen LogP contribution in [-0.2, 0) is 9.59 Å². The Morgan fingerprint density at radius 2 is 1.10 bits per heavy atom. The second-order valence-electron chi connectivity index (χ2n) is 9.99. The van der Waals surface area contributed by atoms with E-state index in [1.54, 1.807) is 0 Å². The van der Waals surface area contributed by atoms with Gasteiger partial charge in [0.2, 0.25) is 0 Å². The van der Waals surface area contributed by atoms with Crippen LogP contribution in [0.4, 0.5) is 0 Å². The molecule has 0 fully saturated rings. The number of carboxylic acids is 2. The summed E-state index contributed by atoms with van der Waals surface area (Å²) in [6, 6.07) is 0. The first-order valence-electron chi connectivity index (χ1n) is 13.3. The predicted octanol–water partition coefficient (Wildman–Crippen LogP) is 8.48. The quantitative estimate of drug-likeness (QED) is 0.165. The summed E-state index contributed by atoms with van der Waals surface area (Å²) >= 11 is 0. The summed E-state index contributed by atoms with van der Waals surface area (Å²) in [5.41, 5.74) is -0.541. The van der Waals surface area contributed by atoms with Gasteiger partial charge in [-0.3, -0.25) is 9.59 Å². The SMILES string of the molecule is CCCCC(CCCC)(C(=O)O)C(CCCCCCCCCCCCC(=O)O)C(C)C. The standard InChI is InChI=1S/C27H52O4/c1-5-7-21-27(26(30)31,22-8-6-2)24(23(3)4)19-17-15-13-11-9-10-12-14-16-18-20-25(28)29/h23-24H,5-22H2,1-4H3,(H,28,29)(H,30,31). The van der Waals surface area contributed by atoms with Crippen LogP contribution >= 0.6 is 0 Å². The molecule has 0 amide bonds. The fourth-order valence-electron chi connectivity index (χ4n) is 5.16. The summed E-state index contributed by atoms with van der Waals surface area (Å²) in [5, 5.41) is 18.9. The van der Waals surface area contributed by atoms with Gasteiger partial charge in [-0.25, -0.2) is 0 Å². The third-order valence-electron chi connectivity index (χ3n) is 7.05. The van der Waals surface area contributed by atoms with Gasteiger partial charge >= 0.3 is 11.9 Å². The highest BCUT2D eigenvalue weighted by Gasteiger charge is 2.45. The highest BCUT2D eigenvalue weighted by atomic mass is 16.4. The van der Waals surface area contributed by atoms with Crippen LogP contribution in [0.5, 0.6) is 0 Å². The molecule has 0 saturated carbocycles. The van der Waals surface area contributed by atoms with Crippen LogP contribution in [0, 0.1) is 17.3 Å². The Hall–Kier alpha value is -1.06. The number of aliphatic carboxylic acids is 2. The second-order valence-corrected chi connectivity index (χ2v) is 9.99. The van der Waals surface area contributed by atoms with Gasteiger partial charge in [-0.15, -0.1) is 0 Å². The van der Waals surface area contributed by atoms with E-state index >= 15 is 0 Å². The molecule has 0 saturated heterocycles. The minimum Gasteiger partial charge on any atom is -0.481 e. The van der Waals surface area contributed by atoms with Gasteiger partial charge in [-0.2, -0.15) is 0 Å². The van der Waals surface area contributed by atoms with Crippen molar-refractivity contribution in [3.8, 4) is 0 Å². The van der Waals surface area contributed by atoms with Crippen molar-refractivity contribution in [1.29, 1.82) is 0 Å². The Kier molecular flexibility index (Phi) is 17.9. The van der Waals surface area contributed by atoms with Crippen molar-refractivity contribution in [1.82, 2.24) is 0 Å². The molecule has 0 radical (unpaired) electrons. The van der Waals surface area contributed by atoms with Gasteiger partial charge in [0.1, 0.15) is 0 Å². The van der Waals surface area contributed by atoms with Gasteiger partial charge in [0, 0.05) is 6.42 Å². The van der Waals surface area contributed by atoms with Crippen LogP contribution in [0.2, 0.25) is 0 Å². The van der Waals surface area contributed by atoms with E-state index in [1.807, 2.05) is 0 Å². The lowest BCUT2D eigenvalue weighted by Gasteiger charge is -2.40. The number of rotatable bonds is 22. The van der Waals surface area contributed by atoms with Crippen molar-refractivity contribution in [2.75, 3.05) is 0 Å². The van der Waals surface area contributed by atoms with Crippen molar-refractivity contribution in [3.63, 3.8) is 0 Å². The van der Waals surface area contributed by atoms with Gasteiger partial charge < -0.3 is 10.2 Å². The van der Waals surface area contributed by atoms with Crippen molar-refractivity contribution in [2.45, 2.75) is 143 Å². The van der Waals surface area contributed by atoms with Gasteiger partial charge in [-0.05, 0) is 37.5 Å². The van der Waals surface area contributed by atoms with E-state index in [2.05, 4.69) is 27.7 Å². The van der Waals surface area contributed by atoms with E-state index in [9.17, 15) is 14.7 Å². The molecule has 0 aromatic heterocycles. The Morgan fingerprint density at radius 3 is 1.45 bits per heavy atom. The fourth-order valence-corrected chi connectivity index (χ4v) is 5.16. The molecule has 0 rings (SSSR count). The smallest absolute Gasteiger partial charge is 0.309 e. The van der Waals surface area contributed by atoms with Crippen LogP contribution < -0.4 is 0 Å². The fraction of sp³-hybridized carbons (Fsp3) is 0.926. The first-order valence-corrected chi connectivity index (χ1v) is 13.3. The van der Waals surface area contributed by atoms with E-state index < -0.39 is 17.4 Å². The zero-order chi connectivity index (χ0) is 23.5. The Balaban J connectivity index is 4.32. The van der Waals surface area contributed by atoms with Crippen LogP contribution in [0.1, 0.15) is 143 Å². The number of carboxylic acid groups (broad SMARTS) is 2. The first kappa shape index (κ1) is 29.9. The van der Waals surface area contributed by atoms with Crippen LogP contribution in [0.15, 0.2) is 0 Å². The number of hydrogen-bond acceptors (Lipinski definition) is 2. The zero-order valence-electron chi connectivity index (χ0n) is 21.1. The van der Waals surface area contributed by atoms with Gasteiger partial charge in [-0.1, -0.05) is 111 Å². The van der Waals surface area contributed by atoms with Gasteiger partial charge in [0.05, 0.1) is 5.41 Å². The summed E-state index contributed by atoms with van der Waals surface area (Å²) in [4.78, 5) is 23.0. The molecule has 4 nitrogen and oxygen atoms in total. The average Bonchev–Trinajstić information content (AvgIpc) is 2.71. The average molecular weight is 441 g/mol. The summed E-state index contributed by atoms with van der Waals surface area (Å²) < 4.78 is 0. The molecule has 0 aliphatic carbocycles. The van der Waals surface area contributed by atoms with E-state index in [0.717, 1.165) is 70.6 Å². The lowest BCUT2D eigenvalue weighted by molar-refractivity contribution is -0.156. The van der Waals surface area contributed by atoms with Gasteiger partial charge in [0.25, 0.3) is 0 Å². The molecule has 1 atom stereocenters. The Labute approximate surface area is 192 Å². The Bertz CT molecular complexity index is 450. The number of carbonyl (C=O) groups is 2. The van der Waals surface area contributed by atoms with Crippen LogP contribution in [0.25, 0.3) is 0 Å². The number of hydrogen-bond donors (Lipinski definition) is 2. The third-order valence-corrected chi connectivity index (χ3v) is 7.05. The topological polar surface area (TPSA) is 74.6 Å². The van der Waals surface area contributed by atoms with Crippen LogP contribution in [-0.4, -0.2) is 22.2 Å². The summed E-state index contributed by atoms with van der Waals surface area (Å²) in [5.74, 6) is -0.563. The number of unbranched alkanes of at least 4 members (excludes halogenated alkanes) is 11. The first-order chi connectivity index (χ1) is 14.8. The second kappa shape index (κ2) is 18.5. The molecule has 0 aromatic rings. The highest BCUT2D eigenvalue weighted by Crippen LogP contribution is 2.45. The maximum absolute atomic E-state index is 12.5. The molecule has 0 bridgehead atoms. The molecular formula is C27H52O4. The minimum absolute atomic E-state index is 0.272. The van der Waals surface area contributed by atoms with Crippen molar-refractivity contribution in [2.24, 2.45) is 17.3 Å². The highest BCUT2D eigenvalue weighted by molar-refractivity contribution is 5.75. The normalized spacial score (nSPS) is 12.9. The largest absolute Gasteiger partial charge is 0.481 e. The van der Waals surface area contributed by atoms with Crippen molar-refractivity contribution in [3.05, 3.63) is 0 Å². The molecule has 0 aliphatic rings. The van der Waals surface area contributed by atoms with E-state index in [1.165, 1.54) is 38.5 Å². The maximum atomic E-state index is 12.5. The predicted molar refractivity (Wildman–Crippen MR) is 130 cm³/mol. The van der Waals surface area contributed by atoms with Crippen LogP contribution in [0.3, 0.4) is 0 Å². The molecule has 0 aromatic carbocycles. The summed E-state index contributed by atoms with van der Waals surface area (Å²) in [6.07, 6.45) is 18.7. The summed E-state index contributed by atoms with van der Waals surface area (Å²) in [6.45, 7) is 8.76. The monoisotopic (exact) mass is 440 g/mol. The molecule has 184 valence electrons. The molecule has 31 heavy (non-hydrogen) atoms. The summed E-state index contributed by atoms with van der Waals surface area (Å²) in [7, 11) is 0. The molecule has 2 N–H and O–H groups in total. The minimum atomic E-state index is -0.684. The molecular weight excluding hydrogens is 388 g/mol. The third kappa shape index (κ3) is 13.2. The maximum Gasteiger partial charge on any atom is 0.309 e. The van der Waals surface area contributed by atoms with E-state index in [4.69, 9.17) is 5.11 Å². The molecule has 4 heteroatoms. The van der Waals surface area contributed by atoms with Crippen molar-refractivity contribution < 1.29 is 19.8 Å². The zero-order valence-corrected chi connectivity index (χ0v) is 21.1. The lowest BCUT2D eigenvalue weighted by Crippen LogP contribution is -2.41. The molecule has 0 aliphatic heterocycles. The molecule has 0 heterocycles. The molecule has 0 spiro atoms. The molecule has 1 unspecified atom stereocenters. The van der Waals surface area contributed by atoms with Crippen molar-refractivity contribution >= 4 is 11.9 Å². The van der Waals surface area contributed by atoms with E-state index in [0.29, 0.717) is 12.3 Å². The van der Waals surface area contributed by atoms with Gasteiger partial charge in [0.15, 0.2) is 0 Å². The lowest BCUT2D eigenvalue weighted by atomic mass is 9.63.